The summed E-state index contributed by atoms with van der Waals surface area (Å²) in [6.45, 7) is 21.1. The van der Waals surface area contributed by atoms with Crippen LogP contribution in [0.2, 0.25) is 0 Å². The number of piperazine rings is 1. The number of hydrogen-bond donors (Lipinski definition) is 0. The third-order valence-corrected chi connectivity index (χ3v) is 5.74. The van der Waals surface area contributed by atoms with Crippen molar-refractivity contribution >= 4 is 0 Å². The summed E-state index contributed by atoms with van der Waals surface area (Å²) in [7, 11) is 0. The molecule has 0 aromatic carbocycles. The summed E-state index contributed by atoms with van der Waals surface area (Å²) in [5.74, 6) is 0.768. The average Bonchev–Trinajstić information content (AvgIpc) is 2.55. The quantitative estimate of drug-likeness (QED) is 0.561. The molecule has 2 rings (SSSR count). The van der Waals surface area contributed by atoms with Gasteiger partial charge in [0, 0.05) is 44.9 Å². The van der Waals surface area contributed by atoms with Crippen LogP contribution in [-0.2, 0) is 4.74 Å². The zero-order valence-corrected chi connectivity index (χ0v) is 17.4. The second-order valence-corrected chi connectivity index (χ2v) is 9.15. The SMILES string of the molecule is CC(C)CN1CCN(CCCCOCCN2CCCCC2)C(C)(C)C1. The minimum Gasteiger partial charge on any atom is -0.380 e. The summed E-state index contributed by atoms with van der Waals surface area (Å²) in [6.07, 6.45) is 6.62. The van der Waals surface area contributed by atoms with Gasteiger partial charge in [-0.3, -0.25) is 9.80 Å². The van der Waals surface area contributed by atoms with Gasteiger partial charge in [0.05, 0.1) is 6.61 Å². The van der Waals surface area contributed by atoms with Crippen molar-refractivity contribution in [2.45, 2.75) is 65.3 Å². The number of nitrogens with zero attached hydrogens (tertiary/aromatic N) is 3. The molecule has 0 aromatic heterocycles. The van der Waals surface area contributed by atoms with Crippen LogP contribution in [-0.4, -0.2) is 85.8 Å². The number of unbranched alkanes of at least 4 members (excludes halogenated alkanes) is 1. The Morgan fingerprint density at radius 3 is 2.28 bits per heavy atom. The standard InChI is InChI=1S/C21H43N3O/c1-20(2)18-23-13-14-24(21(3,4)19-23)12-8-9-16-25-17-15-22-10-6-5-7-11-22/h20H,5-19H2,1-4H3. The third-order valence-electron chi connectivity index (χ3n) is 5.74. The monoisotopic (exact) mass is 353 g/mol. The van der Waals surface area contributed by atoms with Gasteiger partial charge in [0.25, 0.3) is 0 Å². The van der Waals surface area contributed by atoms with Gasteiger partial charge in [-0.2, -0.15) is 0 Å². The van der Waals surface area contributed by atoms with E-state index in [1.54, 1.807) is 0 Å². The van der Waals surface area contributed by atoms with Crippen LogP contribution in [0.5, 0.6) is 0 Å². The first-order valence-corrected chi connectivity index (χ1v) is 10.7. The van der Waals surface area contributed by atoms with Crippen molar-refractivity contribution in [3.05, 3.63) is 0 Å². The van der Waals surface area contributed by atoms with Gasteiger partial charge in [0.15, 0.2) is 0 Å². The van der Waals surface area contributed by atoms with E-state index >= 15 is 0 Å². The van der Waals surface area contributed by atoms with Crippen LogP contribution in [0.1, 0.15) is 59.8 Å². The Bertz CT molecular complexity index is 353. The Hall–Kier alpha value is -0.160. The summed E-state index contributed by atoms with van der Waals surface area (Å²) in [6, 6.07) is 0. The molecule has 0 aliphatic carbocycles. The van der Waals surface area contributed by atoms with Gasteiger partial charge < -0.3 is 9.64 Å². The molecular weight excluding hydrogens is 310 g/mol. The van der Waals surface area contributed by atoms with Crippen LogP contribution in [0, 0.1) is 5.92 Å². The lowest BCUT2D eigenvalue weighted by atomic mass is 9.97. The van der Waals surface area contributed by atoms with Gasteiger partial charge in [0.1, 0.15) is 0 Å². The Labute approximate surface area is 156 Å². The predicted octanol–water partition coefficient (Wildman–Crippen LogP) is 3.32. The molecule has 4 nitrogen and oxygen atoms in total. The van der Waals surface area contributed by atoms with Crippen LogP contribution in [0.4, 0.5) is 0 Å². The summed E-state index contributed by atoms with van der Waals surface area (Å²) >= 11 is 0. The van der Waals surface area contributed by atoms with Crippen molar-refractivity contribution in [2.75, 3.05) is 65.6 Å². The van der Waals surface area contributed by atoms with Crippen molar-refractivity contribution in [2.24, 2.45) is 5.92 Å². The summed E-state index contributed by atoms with van der Waals surface area (Å²) < 4.78 is 5.87. The molecule has 0 aromatic rings. The van der Waals surface area contributed by atoms with Crippen molar-refractivity contribution in [1.29, 1.82) is 0 Å². The van der Waals surface area contributed by atoms with Gasteiger partial charge in [-0.1, -0.05) is 20.3 Å². The van der Waals surface area contributed by atoms with E-state index in [-0.39, 0.29) is 0 Å². The molecule has 25 heavy (non-hydrogen) atoms. The third kappa shape index (κ3) is 7.94. The zero-order chi connectivity index (χ0) is 18.1. The van der Waals surface area contributed by atoms with Crippen molar-refractivity contribution in [3.63, 3.8) is 0 Å². The first-order chi connectivity index (χ1) is 12.0. The first-order valence-electron chi connectivity index (χ1n) is 10.7. The molecule has 0 N–H and O–H groups in total. The van der Waals surface area contributed by atoms with Crippen LogP contribution < -0.4 is 0 Å². The molecular formula is C21H43N3O. The fourth-order valence-electron chi connectivity index (χ4n) is 4.36. The van der Waals surface area contributed by atoms with E-state index in [4.69, 9.17) is 4.74 Å². The van der Waals surface area contributed by atoms with Gasteiger partial charge in [-0.05, 0) is 65.1 Å². The predicted molar refractivity (Wildman–Crippen MR) is 107 cm³/mol. The van der Waals surface area contributed by atoms with E-state index in [1.807, 2.05) is 0 Å². The molecule has 0 amide bonds. The van der Waals surface area contributed by atoms with E-state index < -0.39 is 0 Å². The first kappa shape index (κ1) is 21.1. The second-order valence-electron chi connectivity index (χ2n) is 9.15. The molecule has 148 valence electrons. The molecule has 2 aliphatic heterocycles. The van der Waals surface area contributed by atoms with E-state index in [0.29, 0.717) is 5.54 Å². The van der Waals surface area contributed by atoms with Crippen molar-refractivity contribution < 1.29 is 4.74 Å². The maximum Gasteiger partial charge on any atom is 0.0593 e. The molecule has 0 unspecified atom stereocenters. The second kappa shape index (κ2) is 10.9. The minimum absolute atomic E-state index is 0.308. The van der Waals surface area contributed by atoms with E-state index in [9.17, 15) is 0 Å². The van der Waals surface area contributed by atoms with Gasteiger partial charge in [0.2, 0.25) is 0 Å². The highest BCUT2D eigenvalue weighted by Crippen LogP contribution is 2.22. The Morgan fingerprint density at radius 1 is 0.840 bits per heavy atom. The lowest BCUT2D eigenvalue weighted by Crippen LogP contribution is -2.59. The topological polar surface area (TPSA) is 19.0 Å². The van der Waals surface area contributed by atoms with E-state index in [1.165, 1.54) is 77.9 Å². The molecule has 2 fully saturated rings. The number of rotatable bonds is 10. The fraction of sp³-hybridized carbons (Fsp3) is 1.00. The molecule has 0 bridgehead atoms. The number of likely N-dealkylation sites (tertiary alicyclic amines) is 1. The van der Waals surface area contributed by atoms with Gasteiger partial charge >= 0.3 is 0 Å². The lowest BCUT2D eigenvalue weighted by molar-refractivity contribution is 0.0122. The van der Waals surface area contributed by atoms with Crippen LogP contribution >= 0.6 is 0 Å². The number of ether oxygens (including phenoxy) is 1. The van der Waals surface area contributed by atoms with Gasteiger partial charge in [-0.15, -0.1) is 0 Å². The van der Waals surface area contributed by atoms with E-state index in [2.05, 4.69) is 42.4 Å². The Balaban J connectivity index is 1.51. The van der Waals surface area contributed by atoms with E-state index in [0.717, 1.165) is 25.7 Å². The highest BCUT2D eigenvalue weighted by molar-refractivity contribution is 4.90. The molecule has 0 spiro atoms. The lowest BCUT2D eigenvalue weighted by Gasteiger charge is -2.47. The molecule has 2 aliphatic rings. The van der Waals surface area contributed by atoms with Crippen molar-refractivity contribution in [3.8, 4) is 0 Å². The Kier molecular flexibility index (Phi) is 9.18. The molecule has 4 heteroatoms. The molecule has 0 saturated carbocycles. The average molecular weight is 354 g/mol. The largest absolute Gasteiger partial charge is 0.380 e. The maximum atomic E-state index is 5.87. The molecule has 0 radical (unpaired) electrons. The normalized spacial score (nSPS) is 23.4. The minimum atomic E-state index is 0.308. The highest BCUT2D eigenvalue weighted by Gasteiger charge is 2.33. The maximum absolute atomic E-state index is 5.87. The van der Waals surface area contributed by atoms with Gasteiger partial charge in [-0.25, -0.2) is 0 Å². The molecule has 2 saturated heterocycles. The van der Waals surface area contributed by atoms with Crippen LogP contribution in [0.25, 0.3) is 0 Å². The Morgan fingerprint density at radius 2 is 1.60 bits per heavy atom. The summed E-state index contributed by atoms with van der Waals surface area (Å²) in [5.41, 5.74) is 0.308. The number of hydrogen-bond acceptors (Lipinski definition) is 4. The van der Waals surface area contributed by atoms with Crippen LogP contribution in [0.3, 0.4) is 0 Å². The highest BCUT2D eigenvalue weighted by atomic mass is 16.5. The van der Waals surface area contributed by atoms with Crippen LogP contribution in [0.15, 0.2) is 0 Å². The zero-order valence-electron chi connectivity index (χ0n) is 17.4. The molecule has 2 heterocycles. The smallest absolute Gasteiger partial charge is 0.0593 e. The fourth-order valence-corrected chi connectivity index (χ4v) is 4.36. The number of piperidine rings is 1. The summed E-state index contributed by atoms with van der Waals surface area (Å²) in [5, 5.41) is 0. The van der Waals surface area contributed by atoms with Crippen molar-refractivity contribution in [1.82, 2.24) is 14.7 Å². The molecule has 0 atom stereocenters. The summed E-state index contributed by atoms with van der Waals surface area (Å²) in [4.78, 5) is 7.89.